The van der Waals surface area contributed by atoms with Crippen molar-refractivity contribution in [3.63, 3.8) is 0 Å². The van der Waals surface area contributed by atoms with Crippen LogP contribution in [0.4, 0.5) is 17.1 Å². The first-order valence-corrected chi connectivity index (χ1v) is 22.7. The van der Waals surface area contributed by atoms with Crippen molar-refractivity contribution in [1.29, 1.82) is 0 Å². The summed E-state index contributed by atoms with van der Waals surface area (Å²) in [6.07, 6.45) is 1.94. The number of anilines is 3. The monoisotopic (exact) mass is 993 g/mol. The van der Waals surface area contributed by atoms with Gasteiger partial charge in [0.05, 0.1) is 11.1 Å². The van der Waals surface area contributed by atoms with E-state index >= 15 is 0 Å². The van der Waals surface area contributed by atoms with Crippen LogP contribution in [0.5, 0.6) is 0 Å². The Kier molecular flexibility index (Phi) is 9.91. The smallest absolute Gasteiger partial charge is 0.145 e. The molecule has 1 aliphatic heterocycles. The first-order chi connectivity index (χ1) is 30.6. The molecule has 0 amide bonds. The number of hydroxylamine groups is 1. The molecule has 3 heterocycles. The maximum Gasteiger partial charge on any atom is 0.145 e. The summed E-state index contributed by atoms with van der Waals surface area (Å²) in [6.45, 7) is 6.59. The average molecular weight is 994 g/mol. The van der Waals surface area contributed by atoms with Crippen LogP contribution in [-0.2, 0) is 21.1 Å². The molecule has 1 aliphatic rings. The molecule has 7 aromatic carbocycles. The van der Waals surface area contributed by atoms with Gasteiger partial charge >= 0.3 is 0 Å². The van der Waals surface area contributed by atoms with E-state index in [2.05, 4.69) is 183 Å². The standard InChI is InChI=1S/C54H46N4OSi.Pt/c1-37(2)45-25-17-26-46(38(3)4)54(45)39-32-33-55-53(34-39)57-49-27-13-12-24-47(49)48-31-30-44(36-52(48)57)60(41-19-8-6-9-20-41,42-21-10-7-11-22-42)43-23-16-18-40(35-43)58-51-29-15-14-28-50(51)56(5)59-58;/h6-34,37-38H,1-5H3;/q-2;/p+1/i5D3;. The Morgan fingerprint density at radius 2 is 1.23 bits per heavy atom. The average Bonchev–Trinajstić information content (AvgIpc) is 3.87. The van der Waals surface area contributed by atoms with E-state index < -0.39 is 15.0 Å². The number of para-hydroxylation sites is 3. The molecule has 0 fully saturated rings. The number of hydrogen-bond donors (Lipinski definition) is 0. The molecule has 0 unspecified atom stereocenters. The minimum absolute atomic E-state index is 0. The Morgan fingerprint density at radius 1 is 0.607 bits per heavy atom. The number of pyridine rings is 1. The summed E-state index contributed by atoms with van der Waals surface area (Å²) in [5.41, 5.74) is 8.91. The summed E-state index contributed by atoms with van der Waals surface area (Å²) in [5.74, 6) is 1.52. The predicted octanol–water partition coefficient (Wildman–Crippen LogP) is 10.5. The van der Waals surface area contributed by atoms with Gasteiger partial charge in [0, 0.05) is 38.5 Å². The van der Waals surface area contributed by atoms with Gasteiger partial charge in [0.1, 0.15) is 25.3 Å². The van der Waals surface area contributed by atoms with Crippen molar-refractivity contribution in [3.8, 4) is 16.9 Å². The molecule has 7 heteroatoms. The first kappa shape index (κ1) is 36.8. The van der Waals surface area contributed by atoms with Gasteiger partial charge in [0.2, 0.25) is 0 Å². The molecular formula is C54H47N4OPtSi-. The summed E-state index contributed by atoms with van der Waals surface area (Å²) in [5, 5.41) is 9.41. The largest absolute Gasteiger partial charge is 0.319 e. The van der Waals surface area contributed by atoms with E-state index in [-0.39, 0.29) is 21.1 Å². The second-order valence-electron chi connectivity index (χ2n) is 16.1. The maximum absolute atomic E-state index is 8.31. The van der Waals surface area contributed by atoms with Gasteiger partial charge in [-0.05, 0) is 80.2 Å². The van der Waals surface area contributed by atoms with Crippen LogP contribution >= 0.6 is 0 Å². The molecule has 0 radical (unpaired) electrons. The van der Waals surface area contributed by atoms with Crippen LogP contribution in [0.1, 0.15) is 54.8 Å². The van der Waals surface area contributed by atoms with E-state index in [4.69, 9.17) is 9.10 Å². The Morgan fingerprint density at radius 3 is 1.92 bits per heavy atom. The first-order valence-electron chi connectivity index (χ1n) is 22.2. The molecule has 0 bridgehead atoms. The van der Waals surface area contributed by atoms with Crippen LogP contribution in [0.15, 0.2) is 176 Å². The summed E-state index contributed by atoms with van der Waals surface area (Å²) < 4.78 is 27.2. The molecule has 0 aliphatic carbocycles. The van der Waals surface area contributed by atoms with Crippen molar-refractivity contribution in [2.75, 3.05) is 17.1 Å². The summed E-state index contributed by atoms with van der Waals surface area (Å²) in [4.78, 5) is 9.79. The zero-order chi connectivity index (χ0) is 43.5. The van der Waals surface area contributed by atoms with Gasteiger partial charge in [-0.15, -0.1) is 21.6 Å². The minimum atomic E-state index is -3.26. The molecule has 9 aromatic rings. The molecule has 1 N–H and O–H groups in total. The van der Waals surface area contributed by atoms with Crippen LogP contribution < -0.4 is 30.9 Å². The van der Waals surface area contributed by atoms with Crippen molar-refractivity contribution in [2.24, 2.45) is 0 Å². The number of rotatable bonds is 9. The fourth-order valence-corrected chi connectivity index (χ4v) is 13.8. The molecule has 10 rings (SSSR count). The SMILES string of the molecule is [2H]C([2H])([2H])N1[OH+]N(c2[c-]c([Si](c3[c-]c4c(cc3)c3ccccc3n4-c3cc(-c4c(C(C)C)cccc4C(C)C)ccn3)(c3ccccc3)c3ccccc3)ccc2)c2ccccc21.[Pt]. The summed E-state index contributed by atoms with van der Waals surface area (Å²) in [7, 11) is -3.26. The normalized spacial score (nSPS) is 13.6. The number of benzene rings is 7. The van der Waals surface area contributed by atoms with Crippen molar-refractivity contribution in [3.05, 3.63) is 199 Å². The molecule has 5 nitrogen and oxygen atoms in total. The molecule has 304 valence electrons. The van der Waals surface area contributed by atoms with Crippen molar-refractivity contribution in [2.45, 2.75) is 39.5 Å². The Balaban J connectivity index is 0.00000518. The third-order valence-electron chi connectivity index (χ3n) is 12.0. The number of fused-ring (bicyclic) bond motifs is 4. The molecule has 61 heavy (non-hydrogen) atoms. The maximum atomic E-state index is 8.31. The van der Waals surface area contributed by atoms with Gasteiger partial charge in [-0.25, -0.2) is 4.98 Å². The predicted molar refractivity (Wildman–Crippen MR) is 252 cm³/mol. The van der Waals surface area contributed by atoms with Crippen LogP contribution in [0, 0.1) is 12.1 Å². The fourth-order valence-electron chi connectivity index (χ4n) is 9.23. The number of hydrogen-bond acceptors (Lipinski definition) is 3. The molecule has 0 saturated heterocycles. The summed E-state index contributed by atoms with van der Waals surface area (Å²) in [6, 6.07) is 67.2. The van der Waals surface area contributed by atoms with E-state index in [0.717, 1.165) is 59.0 Å². The minimum Gasteiger partial charge on any atom is -0.319 e. The van der Waals surface area contributed by atoms with E-state index in [9.17, 15) is 0 Å². The van der Waals surface area contributed by atoms with E-state index in [1.807, 2.05) is 36.5 Å². The summed E-state index contributed by atoms with van der Waals surface area (Å²) >= 11 is 0. The van der Waals surface area contributed by atoms with Gasteiger partial charge in [0.15, 0.2) is 0 Å². The molecule has 0 atom stereocenters. The second-order valence-corrected chi connectivity index (χ2v) is 19.9. The Bertz CT molecular complexity index is 3070. The van der Waals surface area contributed by atoms with Gasteiger partial charge in [0.25, 0.3) is 0 Å². The third kappa shape index (κ3) is 6.74. The molecule has 0 saturated carbocycles. The Hall–Kier alpha value is -6.04. The van der Waals surface area contributed by atoms with Gasteiger partial charge in [-0.3, -0.25) is 0 Å². The number of nitrogens with zero attached hydrogens (tertiary/aromatic N) is 4. The Labute approximate surface area is 378 Å². The van der Waals surface area contributed by atoms with Crippen molar-refractivity contribution >= 4 is 67.7 Å². The van der Waals surface area contributed by atoms with Crippen LogP contribution in [0.2, 0.25) is 0 Å². The zero-order valence-electron chi connectivity index (χ0n) is 37.5. The van der Waals surface area contributed by atoms with Crippen LogP contribution in [0.25, 0.3) is 38.8 Å². The van der Waals surface area contributed by atoms with E-state index in [0.29, 0.717) is 28.9 Å². The van der Waals surface area contributed by atoms with Crippen molar-refractivity contribution < 1.29 is 30.1 Å². The second kappa shape index (κ2) is 16.4. The van der Waals surface area contributed by atoms with E-state index in [1.54, 1.807) is 11.1 Å². The van der Waals surface area contributed by atoms with Crippen LogP contribution in [0.3, 0.4) is 0 Å². The quantitative estimate of drug-likeness (QED) is 0.0626. The molecular weight excluding hydrogens is 944 g/mol. The zero-order valence-corrected chi connectivity index (χ0v) is 37.7. The van der Waals surface area contributed by atoms with Gasteiger partial charge < -0.3 is 4.57 Å². The van der Waals surface area contributed by atoms with E-state index in [1.165, 1.54) is 16.7 Å². The van der Waals surface area contributed by atoms with Gasteiger partial charge in [-0.2, -0.15) is 51.7 Å². The van der Waals surface area contributed by atoms with Gasteiger partial charge in [-0.1, -0.05) is 142 Å². The molecule has 0 spiro atoms. The number of aromatic nitrogens is 2. The van der Waals surface area contributed by atoms with Crippen LogP contribution in [-0.4, -0.2) is 29.5 Å². The molecule has 2 aromatic heterocycles. The fraction of sp³-hybridized carbons (Fsp3) is 0.130. The van der Waals surface area contributed by atoms with Crippen molar-refractivity contribution in [1.82, 2.24) is 9.55 Å². The third-order valence-corrected chi connectivity index (χ3v) is 16.6. The topological polar surface area (TPSA) is 37.1 Å².